The van der Waals surface area contributed by atoms with E-state index in [9.17, 15) is 19.1 Å². The number of aromatic nitrogens is 1. The van der Waals surface area contributed by atoms with Crippen molar-refractivity contribution in [1.29, 1.82) is 0 Å². The van der Waals surface area contributed by atoms with E-state index in [4.69, 9.17) is 9.53 Å². The zero-order valence-electron chi connectivity index (χ0n) is 20.3. The van der Waals surface area contributed by atoms with E-state index in [1.165, 1.54) is 19.2 Å². The van der Waals surface area contributed by atoms with Crippen LogP contribution in [0.3, 0.4) is 0 Å². The fourth-order valence-electron chi connectivity index (χ4n) is 3.01. The predicted octanol–water partition coefficient (Wildman–Crippen LogP) is 4.23. The van der Waals surface area contributed by atoms with Crippen molar-refractivity contribution < 1.29 is 28.6 Å². The number of hydrogen-bond acceptors (Lipinski definition) is 7. The minimum absolute atomic E-state index is 0.111. The molecule has 9 nitrogen and oxygen atoms in total. The van der Waals surface area contributed by atoms with E-state index in [-0.39, 0.29) is 17.6 Å². The molecule has 1 saturated carbocycles. The number of urea groups is 1. The van der Waals surface area contributed by atoms with Crippen molar-refractivity contribution in [3.63, 3.8) is 0 Å². The third kappa shape index (κ3) is 9.32. The molecule has 0 spiro atoms. The van der Waals surface area contributed by atoms with Crippen molar-refractivity contribution in [2.75, 3.05) is 30.8 Å². The number of benzene rings is 1. The smallest absolute Gasteiger partial charge is 0.323 e. The van der Waals surface area contributed by atoms with Crippen LogP contribution in [0.2, 0.25) is 0 Å². The number of ether oxygens (including phenoxy) is 1. The number of aliphatic hydroxyl groups is 1. The summed E-state index contributed by atoms with van der Waals surface area (Å²) in [6, 6.07) is 7.43. The highest BCUT2D eigenvalue weighted by Gasteiger charge is 2.36. The molecule has 2 amide bonds. The van der Waals surface area contributed by atoms with E-state index in [2.05, 4.69) is 15.6 Å². The summed E-state index contributed by atoms with van der Waals surface area (Å²) in [5.74, 6) is 0.696. The number of anilines is 2. The molecule has 1 saturated heterocycles. The summed E-state index contributed by atoms with van der Waals surface area (Å²) in [6.07, 6.45) is 6.31. The first-order chi connectivity index (χ1) is 16.7. The number of nitrogens with zero attached hydrogens (tertiary/aromatic N) is 2. The van der Waals surface area contributed by atoms with Crippen LogP contribution in [0.4, 0.5) is 20.7 Å². The van der Waals surface area contributed by atoms with Gasteiger partial charge in [-0.1, -0.05) is 6.92 Å². The van der Waals surface area contributed by atoms with Crippen molar-refractivity contribution in [2.24, 2.45) is 5.41 Å². The molecule has 1 aliphatic carbocycles. The first-order valence-electron chi connectivity index (χ1n) is 11.4. The molecule has 0 unspecified atom stereocenters. The maximum absolute atomic E-state index is 13.8. The molecular weight excluding hydrogens is 455 g/mol. The highest BCUT2D eigenvalue weighted by molar-refractivity contribution is 5.88. The molecule has 0 bridgehead atoms. The zero-order chi connectivity index (χ0) is 25.8. The monoisotopic (exact) mass is 488 g/mol. The lowest BCUT2D eigenvalue weighted by molar-refractivity contribution is -0.111. The van der Waals surface area contributed by atoms with Gasteiger partial charge < -0.3 is 29.6 Å². The molecule has 3 N–H and O–H groups in total. The Labute approximate surface area is 204 Å². The molecule has 0 radical (unpaired) electrons. The lowest BCUT2D eigenvalue weighted by Crippen LogP contribution is -2.42. The van der Waals surface area contributed by atoms with E-state index in [1.807, 2.05) is 6.92 Å². The van der Waals surface area contributed by atoms with Gasteiger partial charge in [-0.05, 0) is 50.8 Å². The normalized spacial score (nSPS) is 15.9. The molecule has 2 heterocycles. The summed E-state index contributed by atoms with van der Waals surface area (Å²) in [5, 5.41) is 15.0. The second kappa shape index (κ2) is 13.4. The van der Waals surface area contributed by atoms with E-state index in [0.29, 0.717) is 48.9 Å². The minimum Gasteiger partial charge on any atom is -0.457 e. The van der Waals surface area contributed by atoms with Crippen molar-refractivity contribution in [1.82, 2.24) is 9.88 Å². The number of nitrogens with one attached hydrogen (secondary N) is 2. The van der Waals surface area contributed by atoms with Crippen LogP contribution in [0.5, 0.6) is 11.5 Å². The fourth-order valence-corrected chi connectivity index (χ4v) is 3.01. The molecule has 4 rings (SSSR count). The number of carbonyl (C=O) groups is 3. The largest absolute Gasteiger partial charge is 0.457 e. The molecular formula is C25H33FN4O5. The summed E-state index contributed by atoms with van der Waals surface area (Å²) in [6.45, 7) is 4.43. The maximum atomic E-state index is 13.8. The summed E-state index contributed by atoms with van der Waals surface area (Å²) < 4.78 is 19.4. The molecule has 2 fully saturated rings. The molecule has 190 valence electrons. The summed E-state index contributed by atoms with van der Waals surface area (Å²) >= 11 is 0. The van der Waals surface area contributed by atoms with Crippen molar-refractivity contribution >= 4 is 30.1 Å². The number of carbonyl (C=O) groups excluding carboxylic acids is 3. The average molecular weight is 489 g/mol. The standard InChI is InChI=1S/C18H21FN4O3.C5H8O.C2H4O/c1-20-16-3-2-13(10-15(16)19)26-14-4-7-21-17(11-14)22-18(25)23-8-5-12(24)6-9-23;1-5(4-6)2-3-5;1-2-3/h2-4,7,10-12,20,24H,5-6,8-9H2,1H3,(H,21,22,25);4H,2-3H2,1H3;2H,1H3. The van der Waals surface area contributed by atoms with Gasteiger partial charge >= 0.3 is 6.03 Å². The Bertz CT molecular complexity index is 992. The van der Waals surface area contributed by atoms with E-state index in [0.717, 1.165) is 25.4 Å². The molecule has 1 aromatic carbocycles. The van der Waals surface area contributed by atoms with Gasteiger partial charge in [0.15, 0.2) is 0 Å². The number of rotatable bonds is 5. The molecule has 2 aliphatic rings. The van der Waals surface area contributed by atoms with E-state index in [1.54, 1.807) is 36.2 Å². The van der Waals surface area contributed by atoms with Gasteiger partial charge in [0.25, 0.3) is 0 Å². The Hall–Kier alpha value is -3.53. The van der Waals surface area contributed by atoms with Gasteiger partial charge in [0, 0.05) is 43.9 Å². The van der Waals surface area contributed by atoms with E-state index < -0.39 is 5.82 Å². The number of hydrogen-bond donors (Lipinski definition) is 3. The van der Waals surface area contributed by atoms with Gasteiger partial charge in [0.05, 0.1) is 11.8 Å². The van der Waals surface area contributed by atoms with Crippen LogP contribution in [0, 0.1) is 11.2 Å². The van der Waals surface area contributed by atoms with Crippen LogP contribution in [-0.2, 0) is 9.59 Å². The fraction of sp³-hybridized carbons (Fsp3) is 0.440. The van der Waals surface area contributed by atoms with Crippen LogP contribution >= 0.6 is 0 Å². The third-order valence-corrected chi connectivity index (χ3v) is 5.49. The second-order valence-electron chi connectivity index (χ2n) is 8.53. The number of piperidine rings is 1. The van der Waals surface area contributed by atoms with Gasteiger partial charge in [-0.15, -0.1) is 0 Å². The third-order valence-electron chi connectivity index (χ3n) is 5.49. The molecule has 10 heteroatoms. The topological polar surface area (TPSA) is 121 Å². The number of aldehydes is 2. The lowest BCUT2D eigenvalue weighted by atomic mass is 10.1. The Balaban J connectivity index is 0.000000406. The van der Waals surface area contributed by atoms with Crippen LogP contribution in [0.15, 0.2) is 36.5 Å². The number of aliphatic hydroxyl groups excluding tert-OH is 1. The van der Waals surface area contributed by atoms with Crippen LogP contribution < -0.4 is 15.4 Å². The maximum Gasteiger partial charge on any atom is 0.323 e. The summed E-state index contributed by atoms with van der Waals surface area (Å²) in [5.41, 5.74) is 0.492. The van der Waals surface area contributed by atoms with Crippen molar-refractivity contribution in [3.05, 3.63) is 42.3 Å². The van der Waals surface area contributed by atoms with Gasteiger partial charge in [-0.2, -0.15) is 0 Å². The number of pyridine rings is 1. The molecule has 0 atom stereocenters. The number of halogens is 1. The van der Waals surface area contributed by atoms with Crippen LogP contribution in [0.25, 0.3) is 0 Å². The Morgan fingerprint density at radius 3 is 2.34 bits per heavy atom. The first-order valence-corrected chi connectivity index (χ1v) is 11.4. The van der Waals surface area contributed by atoms with E-state index >= 15 is 0 Å². The van der Waals surface area contributed by atoms with Gasteiger partial charge in [-0.25, -0.2) is 14.2 Å². The summed E-state index contributed by atoms with van der Waals surface area (Å²) in [4.78, 5) is 36.7. The van der Waals surface area contributed by atoms with Gasteiger partial charge in [-0.3, -0.25) is 5.32 Å². The van der Waals surface area contributed by atoms with Crippen molar-refractivity contribution in [2.45, 2.75) is 45.6 Å². The van der Waals surface area contributed by atoms with Crippen LogP contribution in [0.1, 0.15) is 39.5 Å². The Morgan fingerprint density at radius 2 is 1.83 bits per heavy atom. The number of likely N-dealkylation sites (tertiary alicyclic amines) is 1. The quantitative estimate of drug-likeness (QED) is 0.539. The average Bonchev–Trinajstić information content (AvgIpc) is 3.59. The highest BCUT2D eigenvalue weighted by atomic mass is 19.1. The highest BCUT2D eigenvalue weighted by Crippen LogP contribution is 2.42. The SMILES string of the molecule is CC1(C=O)CC1.CC=O.CNc1ccc(Oc2ccnc(NC(=O)N3CCC(O)CC3)c2)cc1F. The first kappa shape index (κ1) is 27.7. The molecule has 35 heavy (non-hydrogen) atoms. The molecule has 1 aliphatic heterocycles. The molecule has 2 aromatic rings. The Morgan fingerprint density at radius 1 is 1.20 bits per heavy atom. The number of amides is 2. The minimum atomic E-state index is -0.417. The van der Waals surface area contributed by atoms with Crippen molar-refractivity contribution in [3.8, 4) is 11.5 Å². The zero-order valence-corrected chi connectivity index (χ0v) is 20.3. The lowest BCUT2D eigenvalue weighted by Gasteiger charge is -2.29. The molecule has 1 aromatic heterocycles. The second-order valence-corrected chi connectivity index (χ2v) is 8.53. The predicted molar refractivity (Wildman–Crippen MR) is 131 cm³/mol. The Kier molecular flexibility index (Phi) is 10.6. The van der Waals surface area contributed by atoms with Gasteiger partial charge in [0.2, 0.25) is 0 Å². The van der Waals surface area contributed by atoms with Crippen LogP contribution in [-0.4, -0.2) is 59.8 Å². The van der Waals surface area contributed by atoms with Gasteiger partial charge in [0.1, 0.15) is 35.7 Å². The summed E-state index contributed by atoms with van der Waals surface area (Å²) in [7, 11) is 1.64.